The highest BCUT2D eigenvalue weighted by molar-refractivity contribution is 5.39. The van der Waals surface area contributed by atoms with Crippen LogP contribution in [-0.4, -0.2) is 9.13 Å². The van der Waals surface area contributed by atoms with Crippen LogP contribution < -0.4 is 11.1 Å². The monoisotopic (exact) mass is 284 g/mol. The molecule has 1 fully saturated rings. The summed E-state index contributed by atoms with van der Waals surface area (Å²) in [6.07, 6.45) is 8.25. The fourth-order valence-electron chi connectivity index (χ4n) is 3.15. The van der Waals surface area contributed by atoms with Gasteiger partial charge in [0.15, 0.2) is 0 Å². The molecule has 1 aliphatic rings. The van der Waals surface area contributed by atoms with Gasteiger partial charge in [-0.3, -0.25) is 14.2 Å². The molecule has 1 saturated carbocycles. The van der Waals surface area contributed by atoms with E-state index < -0.39 is 11.1 Å². The normalized spacial score (nSPS) is 15.5. The number of hydrogen-bond donors (Lipinski definition) is 0. The Balaban J connectivity index is 1.99. The van der Waals surface area contributed by atoms with E-state index in [0.29, 0.717) is 12.5 Å². The topological polar surface area (TPSA) is 44.0 Å². The molecule has 0 saturated heterocycles. The van der Waals surface area contributed by atoms with Crippen LogP contribution in [0, 0.1) is 12.8 Å². The van der Waals surface area contributed by atoms with Crippen LogP contribution in [0.1, 0.15) is 31.2 Å². The molecule has 0 unspecified atom stereocenters. The van der Waals surface area contributed by atoms with E-state index in [1.165, 1.54) is 17.4 Å². The van der Waals surface area contributed by atoms with Crippen LogP contribution in [0.5, 0.6) is 0 Å². The summed E-state index contributed by atoms with van der Waals surface area (Å²) in [5.41, 5.74) is 0.859. The predicted octanol–water partition coefficient (Wildman–Crippen LogP) is 2.50. The van der Waals surface area contributed by atoms with Gasteiger partial charge in [0, 0.05) is 18.9 Å². The van der Waals surface area contributed by atoms with Gasteiger partial charge in [0.1, 0.15) is 0 Å². The number of hydrogen-bond acceptors (Lipinski definition) is 2. The van der Waals surface area contributed by atoms with Crippen LogP contribution >= 0.6 is 0 Å². The Morgan fingerprint density at radius 2 is 1.76 bits per heavy atom. The maximum atomic E-state index is 12.3. The smallest absolute Gasteiger partial charge is 0.309 e. The van der Waals surface area contributed by atoms with Crippen LogP contribution in [0.2, 0.25) is 0 Å². The molecule has 110 valence electrons. The zero-order valence-electron chi connectivity index (χ0n) is 12.3. The summed E-state index contributed by atoms with van der Waals surface area (Å²) in [7, 11) is 0. The molecular weight excluding hydrogens is 264 g/mol. The molecule has 0 bridgehead atoms. The van der Waals surface area contributed by atoms with Gasteiger partial charge in [-0.05, 0) is 37.3 Å². The van der Waals surface area contributed by atoms with Gasteiger partial charge in [-0.15, -0.1) is 0 Å². The van der Waals surface area contributed by atoms with Crippen LogP contribution in [0.3, 0.4) is 0 Å². The molecule has 21 heavy (non-hydrogen) atoms. The molecule has 0 radical (unpaired) electrons. The minimum atomic E-state index is -0.468. The lowest BCUT2D eigenvalue weighted by molar-refractivity contribution is 0.444. The maximum Gasteiger partial charge on any atom is 0.320 e. The molecule has 4 heteroatoms. The van der Waals surface area contributed by atoms with Gasteiger partial charge in [0.2, 0.25) is 0 Å². The van der Waals surface area contributed by atoms with Crippen molar-refractivity contribution in [3.8, 4) is 5.69 Å². The Bertz CT molecular complexity index is 752. The molecule has 3 rings (SSSR count). The molecule has 0 spiro atoms. The predicted molar refractivity (Wildman–Crippen MR) is 83.0 cm³/mol. The van der Waals surface area contributed by atoms with Gasteiger partial charge < -0.3 is 4.57 Å². The number of rotatable bonds is 3. The van der Waals surface area contributed by atoms with E-state index in [2.05, 4.69) is 0 Å². The Hall–Kier alpha value is -2.10. The quantitative estimate of drug-likeness (QED) is 0.813. The lowest BCUT2D eigenvalue weighted by Crippen LogP contribution is -2.40. The first kappa shape index (κ1) is 13.9. The minimum Gasteiger partial charge on any atom is -0.309 e. The Labute approximate surface area is 123 Å². The Morgan fingerprint density at radius 3 is 2.48 bits per heavy atom. The standard InChI is InChI=1S/C17H20N2O2/c1-13-6-2-5-9-15(13)19-11-10-18(16(20)17(19)21)12-14-7-3-4-8-14/h2,5-6,9-11,14H,3-4,7-8,12H2,1H3. The summed E-state index contributed by atoms with van der Waals surface area (Å²) in [6.45, 7) is 2.61. The average Bonchev–Trinajstić information content (AvgIpc) is 2.98. The molecule has 0 atom stereocenters. The zero-order chi connectivity index (χ0) is 14.8. The second-order valence-electron chi connectivity index (χ2n) is 5.87. The van der Waals surface area contributed by atoms with Crippen LogP contribution in [0.15, 0.2) is 46.2 Å². The summed E-state index contributed by atoms with van der Waals surface area (Å²) >= 11 is 0. The molecule has 0 N–H and O–H groups in total. The highest BCUT2D eigenvalue weighted by Crippen LogP contribution is 2.25. The van der Waals surface area contributed by atoms with E-state index >= 15 is 0 Å². The first-order chi connectivity index (χ1) is 10.2. The van der Waals surface area contributed by atoms with E-state index in [1.807, 2.05) is 31.2 Å². The van der Waals surface area contributed by atoms with Crippen molar-refractivity contribution in [2.45, 2.75) is 39.2 Å². The third kappa shape index (κ3) is 2.71. The van der Waals surface area contributed by atoms with Gasteiger partial charge in [-0.2, -0.15) is 0 Å². The zero-order valence-corrected chi connectivity index (χ0v) is 12.3. The van der Waals surface area contributed by atoms with Crippen molar-refractivity contribution >= 4 is 0 Å². The summed E-state index contributed by atoms with van der Waals surface area (Å²) in [4.78, 5) is 24.6. The van der Waals surface area contributed by atoms with Crippen molar-refractivity contribution in [1.29, 1.82) is 0 Å². The summed E-state index contributed by atoms with van der Waals surface area (Å²) in [5, 5.41) is 0. The molecule has 1 aromatic carbocycles. The van der Waals surface area contributed by atoms with E-state index in [4.69, 9.17) is 0 Å². The Morgan fingerprint density at radius 1 is 1.05 bits per heavy atom. The third-order valence-corrected chi connectivity index (χ3v) is 4.36. The lowest BCUT2D eigenvalue weighted by atomic mass is 10.1. The van der Waals surface area contributed by atoms with Crippen LogP contribution in [0.4, 0.5) is 0 Å². The first-order valence-electron chi connectivity index (χ1n) is 7.55. The van der Waals surface area contributed by atoms with Crippen molar-refractivity contribution in [2.75, 3.05) is 0 Å². The van der Waals surface area contributed by atoms with Crippen molar-refractivity contribution in [2.24, 2.45) is 5.92 Å². The highest BCUT2D eigenvalue weighted by Gasteiger charge is 2.17. The fraction of sp³-hybridized carbons (Fsp3) is 0.412. The van der Waals surface area contributed by atoms with Gasteiger partial charge >= 0.3 is 11.1 Å². The fourth-order valence-corrected chi connectivity index (χ4v) is 3.15. The van der Waals surface area contributed by atoms with E-state index in [9.17, 15) is 9.59 Å². The van der Waals surface area contributed by atoms with Gasteiger partial charge in [0.05, 0.1) is 5.69 Å². The van der Waals surface area contributed by atoms with Crippen molar-refractivity contribution < 1.29 is 0 Å². The van der Waals surface area contributed by atoms with Crippen molar-refractivity contribution in [3.63, 3.8) is 0 Å². The van der Waals surface area contributed by atoms with E-state index in [1.54, 1.807) is 17.0 Å². The molecule has 1 aliphatic carbocycles. The van der Waals surface area contributed by atoms with Gasteiger partial charge in [-0.1, -0.05) is 31.0 Å². The lowest BCUT2D eigenvalue weighted by Gasteiger charge is -2.13. The van der Waals surface area contributed by atoms with E-state index in [0.717, 1.165) is 24.1 Å². The number of benzene rings is 1. The molecular formula is C17H20N2O2. The van der Waals surface area contributed by atoms with E-state index in [-0.39, 0.29) is 0 Å². The third-order valence-electron chi connectivity index (χ3n) is 4.36. The molecule has 4 nitrogen and oxygen atoms in total. The number of nitrogens with zero attached hydrogens (tertiary/aromatic N) is 2. The molecule has 2 aromatic rings. The number of para-hydroxylation sites is 1. The SMILES string of the molecule is Cc1ccccc1-n1ccn(CC2CCCC2)c(=O)c1=O. The van der Waals surface area contributed by atoms with Gasteiger partial charge in [-0.25, -0.2) is 0 Å². The van der Waals surface area contributed by atoms with Crippen LogP contribution in [0.25, 0.3) is 5.69 Å². The highest BCUT2D eigenvalue weighted by atomic mass is 16.2. The Kier molecular flexibility index (Phi) is 3.78. The van der Waals surface area contributed by atoms with Crippen molar-refractivity contribution in [1.82, 2.24) is 9.13 Å². The van der Waals surface area contributed by atoms with Gasteiger partial charge in [0.25, 0.3) is 0 Å². The summed E-state index contributed by atoms with van der Waals surface area (Å²) < 4.78 is 3.02. The van der Waals surface area contributed by atoms with Crippen LogP contribution in [-0.2, 0) is 6.54 Å². The largest absolute Gasteiger partial charge is 0.320 e. The molecule has 1 heterocycles. The second kappa shape index (κ2) is 5.72. The number of aryl methyl sites for hydroxylation is 1. The maximum absolute atomic E-state index is 12.3. The number of aromatic nitrogens is 2. The first-order valence-corrected chi connectivity index (χ1v) is 7.55. The second-order valence-corrected chi connectivity index (χ2v) is 5.87. The van der Waals surface area contributed by atoms with Crippen molar-refractivity contribution in [3.05, 3.63) is 62.9 Å². The molecule has 0 amide bonds. The summed E-state index contributed by atoms with van der Waals surface area (Å²) in [6, 6.07) is 7.59. The molecule has 0 aliphatic heterocycles. The minimum absolute atomic E-state index is 0.423. The summed E-state index contributed by atoms with van der Waals surface area (Å²) in [5.74, 6) is 0.538. The average molecular weight is 284 g/mol. The molecule has 1 aromatic heterocycles.